The Morgan fingerprint density at radius 3 is 2.18 bits per heavy atom. The number of esters is 1. The maximum Gasteiger partial charge on any atom is 0.490 e. The molecule has 1 saturated heterocycles. The molecular formula is C26H24N5O15P3. The molecule has 0 spiro atoms. The van der Waals surface area contributed by atoms with Crippen LogP contribution < -0.4 is 0 Å². The van der Waals surface area contributed by atoms with Gasteiger partial charge in [0.25, 0.3) is 0 Å². The zero-order chi connectivity index (χ0) is 35.1. The van der Waals surface area contributed by atoms with Crippen LogP contribution in [0.5, 0.6) is 0 Å². The summed E-state index contributed by atoms with van der Waals surface area (Å²) in [5.74, 6) is -1.31. The quantitative estimate of drug-likeness (QED) is 0.0696. The van der Waals surface area contributed by atoms with Crippen molar-refractivity contribution in [1.29, 1.82) is 0 Å². The van der Waals surface area contributed by atoms with Crippen molar-refractivity contribution < 1.29 is 70.6 Å². The molecule has 0 amide bonds. The minimum absolute atomic E-state index is 0.0525. The van der Waals surface area contributed by atoms with Crippen LogP contribution in [0.15, 0.2) is 79.6 Å². The lowest BCUT2D eigenvalue weighted by atomic mass is 10.0. The van der Waals surface area contributed by atoms with E-state index in [1.165, 1.54) is 47.7 Å². The molecule has 6 rings (SSSR count). The fraction of sp³-hybridized carbons (Fsp3) is 0.192. The smallest absolute Gasteiger partial charge is 0.453 e. The molecule has 23 heteroatoms. The van der Waals surface area contributed by atoms with Crippen molar-refractivity contribution in [2.75, 3.05) is 6.61 Å². The highest BCUT2D eigenvalue weighted by Gasteiger charge is 2.49. The molecule has 0 aliphatic carbocycles. The number of carbonyl (C=O) groups is 2. The second kappa shape index (κ2) is 13.4. The van der Waals surface area contributed by atoms with Gasteiger partial charge in [-0.05, 0) is 12.1 Å². The Morgan fingerprint density at radius 1 is 0.816 bits per heavy atom. The Balaban J connectivity index is 1.24. The van der Waals surface area contributed by atoms with Gasteiger partial charge in [-0.1, -0.05) is 42.5 Å². The van der Waals surface area contributed by atoms with Crippen LogP contribution >= 0.6 is 23.5 Å². The molecular weight excluding hydrogens is 715 g/mol. The highest BCUT2D eigenvalue weighted by molar-refractivity contribution is 7.66. The minimum Gasteiger partial charge on any atom is -0.453 e. The van der Waals surface area contributed by atoms with Crippen LogP contribution in [0, 0.1) is 0 Å². The summed E-state index contributed by atoms with van der Waals surface area (Å²) in [6.45, 7) is -1.05. The molecule has 258 valence electrons. The lowest BCUT2D eigenvalue weighted by Gasteiger charge is -2.22. The molecule has 20 nitrogen and oxygen atoms in total. The molecule has 0 bridgehead atoms. The van der Waals surface area contributed by atoms with E-state index in [4.69, 9.17) is 23.8 Å². The van der Waals surface area contributed by atoms with Gasteiger partial charge in [0.1, 0.15) is 18.5 Å². The Labute approximate surface area is 273 Å². The van der Waals surface area contributed by atoms with Gasteiger partial charge in [-0.15, -0.1) is 0 Å². The summed E-state index contributed by atoms with van der Waals surface area (Å²) in [6.07, 6.45) is -0.550. The number of imidazole rings is 2. The number of aromatic nitrogens is 5. The highest BCUT2D eigenvalue weighted by atomic mass is 31.3. The summed E-state index contributed by atoms with van der Waals surface area (Å²) in [4.78, 5) is 75.8. The number of ketones is 1. The van der Waals surface area contributed by atoms with Crippen molar-refractivity contribution >= 4 is 52.0 Å². The van der Waals surface area contributed by atoms with Gasteiger partial charge < -0.3 is 34.2 Å². The average molecular weight is 739 g/mol. The SMILES string of the molecule is O=C(O[C@H]1[C@@H](O)[C@H](n2cnc3c2ncn2ccnc32)O[C@@H]1COP(=O)(O)OP(=O)(O)OP(=O)(O)O)c1ccc(C(=O)c2ccccc2)cc1. The number of phosphoric acid groups is 3. The first-order valence-corrected chi connectivity index (χ1v) is 18.3. The molecule has 1 fully saturated rings. The molecule has 5 aromatic rings. The van der Waals surface area contributed by atoms with E-state index in [1.807, 2.05) is 0 Å². The summed E-state index contributed by atoms with van der Waals surface area (Å²) in [5, 5.41) is 11.4. The van der Waals surface area contributed by atoms with E-state index in [-0.39, 0.29) is 22.6 Å². The number of aliphatic hydroxyl groups is 1. The fourth-order valence-corrected chi connectivity index (χ4v) is 7.97. The first-order valence-electron chi connectivity index (χ1n) is 13.8. The fourth-order valence-electron chi connectivity index (χ4n) is 4.94. The lowest BCUT2D eigenvalue weighted by molar-refractivity contribution is -0.0520. The van der Waals surface area contributed by atoms with E-state index in [2.05, 4.69) is 23.6 Å². The monoisotopic (exact) mass is 739 g/mol. The Morgan fingerprint density at radius 2 is 1.49 bits per heavy atom. The minimum atomic E-state index is -5.84. The van der Waals surface area contributed by atoms with Crippen LogP contribution in [0.25, 0.3) is 16.8 Å². The number of hydrogen-bond acceptors (Lipinski definition) is 14. The van der Waals surface area contributed by atoms with Gasteiger partial charge in [-0.2, -0.15) is 8.62 Å². The van der Waals surface area contributed by atoms with Gasteiger partial charge in [-0.3, -0.25) is 18.3 Å². The largest absolute Gasteiger partial charge is 0.490 e. The maximum atomic E-state index is 13.2. The van der Waals surface area contributed by atoms with E-state index >= 15 is 0 Å². The highest BCUT2D eigenvalue weighted by Crippen LogP contribution is 2.66. The summed E-state index contributed by atoms with van der Waals surface area (Å²) in [7, 11) is -17.1. The molecule has 2 aromatic carbocycles. The van der Waals surface area contributed by atoms with Gasteiger partial charge in [0, 0.05) is 23.5 Å². The van der Waals surface area contributed by atoms with Crippen LogP contribution in [0.3, 0.4) is 0 Å². The zero-order valence-corrected chi connectivity index (χ0v) is 27.1. The molecule has 4 heterocycles. The zero-order valence-electron chi connectivity index (χ0n) is 24.4. The van der Waals surface area contributed by atoms with E-state index in [0.29, 0.717) is 16.7 Å². The lowest BCUT2D eigenvalue weighted by Crippen LogP contribution is -2.38. The topological polar surface area (TPSA) is 281 Å². The molecule has 2 unspecified atom stereocenters. The number of hydrogen-bond donors (Lipinski definition) is 5. The van der Waals surface area contributed by atoms with Crippen LogP contribution in [0.2, 0.25) is 0 Å². The van der Waals surface area contributed by atoms with Gasteiger partial charge in [0.15, 0.2) is 34.9 Å². The molecule has 1 aliphatic heterocycles. The number of phosphoric ester groups is 1. The van der Waals surface area contributed by atoms with Crippen LogP contribution in [0.1, 0.15) is 32.5 Å². The predicted molar refractivity (Wildman–Crippen MR) is 162 cm³/mol. The number of benzene rings is 2. The van der Waals surface area contributed by atoms with E-state index in [1.54, 1.807) is 40.9 Å². The van der Waals surface area contributed by atoms with E-state index < -0.39 is 60.6 Å². The Bertz CT molecular complexity index is 2170. The van der Waals surface area contributed by atoms with Crippen molar-refractivity contribution in [2.45, 2.75) is 24.5 Å². The molecule has 0 saturated carbocycles. The number of carbonyl (C=O) groups excluding carboxylic acids is 2. The van der Waals surface area contributed by atoms with Crippen molar-refractivity contribution in [3.63, 3.8) is 0 Å². The summed E-state index contributed by atoms with van der Waals surface area (Å²) in [5.41, 5.74) is 1.54. The van der Waals surface area contributed by atoms with Crippen LogP contribution in [-0.2, 0) is 36.3 Å². The first kappa shape index (κ1) is 34.8. The number of ether oxygens (including phenoxy) is 2. The summed E-state index contributed by atoms with van der Waals surface area (Å²) < 4.78 is 61.6. The summed E-state index contributed by atoms with van der Waals surface area (Å²) >= 11 is 0. The second-order valence-corrected chi connectivity index (χ2v) is 14.7. The van der Waals surface area contributed by atoms with Gasteiger partial charge >= 0.3 is 29.4 Å². The molecule has 6 atom stereocenters. The van der Waals surface area contributed by atoms with Crippen molar-refractivity contribution in [3.05, 3.63) is 96.3 Å². The van der Waals surface area contributed by atoms with Crippen LogP contribution in [-0.4, -0.2) is 85.3 Å². The summed E-state index contributed by atoms with van der Waals surface area (Å²) in [6, 6.07) is 13.8. The molecule has 49 heavy (non-hydrogen) atoms. The second-order valence-electron chi connectivity index (χ2n) is 10.3. The Kier molecular flexibility index (Phi) is 9.51. The van der Waals surface area contributed by atoms with Crippen LogP contribution in [0.4, 0.5) is 0 Å². The third kappa shape index (κ3) is 7.76. The van der Waals surface area contributed by atoms with Gasteiger partial charge in [0.2, 0.25) is 0 Å². The molecule has 0 radical (unpaired) electrons. The number of aliphatic hydroxyl groups excluding tert-OH is 1. The van der Waals surface area contributed by atoms with Crippen molar-refractivity contribution in [3.8, 4) is 0 Å². The predicted octanol–water partition coefficient (Wildman–Crippen LogP) is 2.14. The average Bonchev–Trinajstić information content (AvgIpc) is 3.76. The van der Waals surface area contributed by atoms with E-state index in [9.17, 15) is 38.2 Å². The van der Waals surface area contributed by atoms with E-state index in [0.717, 1.165) is 0 Å². The number of fused-ring (bicyclic) bond motifs is 3. The third-order valence-corrected chi connectivity index (χ3v) is 10.8. The molecule has 5 N–H and O–H groups in total. The molecule has 1 aliphatic rings. The molecule has 3 aromatic heterocycles. The number of nitrogens with zero attached hydrogens (tertiary/aromatic N) is 5. The first-order chi connectivity index (χ1) is 23.1. The third-order valence-electron chi connectivity index (χ3n) is 7.02. The standard InChI is InChI=1S/C26H24N5O15P3/c32-20(15-4-2-1-3-5-15)16-6-8-17(9-7-16)26(34)44-22-18(12-42-48(38,39)46-49(40,41)45-47(35,36)37)43-25(21(22)33)31-14-28-19-23-27-10-11-30(23)13-29-24(19)31/h1-11,13-14,18,21-22,25,33H,12H2,(H,38,39)(H,40,41)(H2,35,36,37)/t18-,21-,22-,25-/m1/s1. The van der Waals surface area contributed by atoms with Gasteiger partial charge in [0.05, 0.1) is 18.5 Å². The van der Waals surface area contributed by atoms with Gasteiger partial charge in [-0.25, -0.2) is 33.4 Å². The Hall–Kier alpha value is -4.00. The number of rotatable bonds is 12. The maximum absolute atomic E-state index is 13.2. The van der Waals surface area contributed by atoms with Crippen molar-refractivity contribution in [1.82, 2.24) is 23.9 Å². The normalized spacial score (nSPS) is 22.1. The van der Waals surface area contributed by atoms with Crippen molar-refractivity contribution in [2.24, 2.45) is 0 Å².